The minimum absolute atomic E-state index is 0.00839. The predicted molar refractivity (Wildman–Crippen MR) is 147 cm³/mol. The van der Waals surface area contributed by atoms with E-state index in [1.165, 1.54) is 6.33 Å². The summed E-state index contributed by atoms with van der Waals surface area (Å²) >= 11 is 0. The fourth-order valence-electron chi connectivity index (χ4n) is 5.14. The number of nitrogens with two attached hydrogens (primary N) is 1. The third kappa shape index (κ3) is 6.02. The summed E-state index contributed by atoms with van der Waals surface area (Å²) in [6.07, 6.45) is 7.12. The first kappa shape index (κ1) is 27.4. The number of methoxy groups -OCH3 is 2. The second-order valence-electron chi connectivity index (χ2n) is 10.0. The topological polar surface area (TPSA) is 98.7 Å². The number of carbonyl (C=O) groups excluding carboxylic acids is 1. The second-order valence-corrected chi connectivity index (χ2v) is 10.0. The Hall–Kier alpha value is -4.17. The van der Waals surface area contributed by atoms with E-state index in [2.05, 4.69) is 21.8 Å². The standard InChI is InChI=1S/C29H32F2N6O3/c1-39-23-14-20(15-24(16-23)40-2)5-6-21-17-37(28-26(21)27(32)33-19-34-28)22-7-11-36(18-22)25(38)4-3-10-35-12-8-29(30,31)9-13-35/h3-4,14-17,19,22H,7-13,18H2,1-2H3,(H2,32,33,34)/b4-3+. The van der Waals surface area contributed by atoms with Crippen LogP contribution in [-0.4, -0.2) is 83.1 Å². The maximum atomic E-state index is 13.4. The Labute approximate surface area is 231 Å². The lowest BCUT2D eigenvalue weighted by Gasteiger charge is -2.30. The van der Waals surface area contributed by atoms with Gasteiger partial charge in [-0.3, -0.25) is 9.69 Å². The number of halogens is 2. The molecular formula is C29H32F2N6O3. The molecule has 210 valence electrons. The first-order valence-corrected chi connectivity index (χ1v) is 13.2. The number of carbonyl (C=O) groups is 1. The van der Waals surface area contributed by atoms with Crippen LogP contribution < -0.4 is 15.2 Å². The SMILES string of the molecule is COc1cc(C#Cc2cn(C3CCN(C(=O)/C=C/CN4CCC(F)(F)CC4)C3)c3ncnc(N)c23)cc(OC)c1. The van der Waals surface area contributed by atoms with Crippen LogP contribution in [0.2, 0.25) is 0 Å². The van der Waals surface area contributed by atoms with Crippen LogP contribution in [0.25, 0.3) is 11.0 Å². The zero-order valence-electron chi connectivity index (χ0n) is 22.6. The lowest BCUT2D eigenvalue weighted by Crippen LogP contribution is -2.39. The van der Waals surface area contributed by atoms with E-state index in [0.29, 0.717) is 66.6 Å². The van der Waals surface area contributed by atoms with E-state index < -0.39 is 5.92 Å². The number of ether oxygens (including phenoxy) is 2. The smallest absolute Gasteiger partial charge is 0.250 e. The van der Waals surface area contributed by atoms with Gasteiger partial charge in [-0.05, 0) is 18.6 Å². The van der Waals surface area contributed by atoms with E-state index in [0.717, 1.165) is 12.0 Å². The number of hydrogen-bond acceptors (Lipinski definition) is 7. The highest BCUT2D eigenvalue weighted by Crippen LogP contribution is 2.31. The highest BCUT2D eigenvalue weighted by Gasteiger charge is 2.33. The van der Waals surface area contributed by atoms with Gasteiger partial charge in [-0.2, -0.15) is 0 Å². The van der Waals surface area contributed by atoms with E-state index >= 15 is 0 Å². The van der Waals surface area contributed by atoms with Crippen LogP contribution in [0.15, 0.2) is 42.9 Å². The molecule has 2 fully saturated rings. The van der Waals surface area contributed by atoms with Gasteiger partial charge in [-0.1, -0.05) is 17.9 Å². The molecule has 2 aliphatic heterocycles. The molecule has 0 aliphatic carbocycles. The van der Waals surface area contributed by atoms with Gasteiger partial charge >= 0.3 is 0 Å². The summed E-state index contributed by atoms with van der Waals surface area (Å²) in [5.41, 5.74) is 8.31. The van der Waals surface area contributed by atoms with Crippen LogP contribution in [0, 0.1) is 11.8 Å². The highest BCUT2D eigenvalue weighted by molar-refractivity contribution is 5.92. The molecule has 5 rings (SSSR count). The average molecular weight is 551 g/mol. The molecule has 0 bridgehead atoms. The number of piperidine rings is 1. The molecule has 40 heavy (non-hydrogen) atoms. The number of rotatable bonds is 6. The molecule has 1 unspecified atom stereocenters. The molecule has 11 heteroatoms. The van der Waals surface area contributed by atoms with Crippen molar-refractivity contribution < 1.29 is 23.0 Å². The number of nitrogen functional groups attached to an aromatic ring is 1. The number of benzene rings is 1. The minimum Gasteiger partial charge on any atom is -0.497 e. The molecule has 3 aromatic rings. The summed E-state index contributed by atoms with van der Waals surface area (Å²) < 4.78 is 39.4. The van der Waals surface area contributed by atoms with E-state index in [1.54, 1.807) is 37.3 Å². The Balaban J connectivity index is 1.31. The highest BCUT2D eigenvalue weighted by atomic mass is 19.3. The zero-order chi connectivity index (χ0) is 28.3. The van der Waals surface area contributed by atoms with Gasteiger partial charge in [0, 0.05) is 69.5 Å². The van der Waals surface area contributed by atoms with Crippen LogP contribution in [0.5, 0.6) is 11.5 Å². The van der Waals surface area contributed by atoms with Crippen molar-refractivity contribution in [1.82, 2.24) is 24.3 Å². The van der Waals surface area contributed by atoms with Crippen molar-refractivity contribution in [1.29, 1.82) is 0 Å². The van der Waals surface area contributed by atoms with Crippen molar-refractivity contribution in [2.45, 2.75) is 31.2 Å². The number of alkyl halides is 2. The van der Waals surface area contributed by atoms with Gasteiger partial charge in [0.15, 0.2) is 0 Å². The summed E-state index contributed by atoms with van der Waals surface area (Å²) in [5.74, 6) is 5.30. The van der Waals surface area contributed by atoms with Crippen molar-refractivity contribution >= 4 is 22.8 Å². The maximum absolute atomic E-state index is 13.4. The van der Waals surface area contributed by atoms with Crippen molar-refractivity contribution in [3.05, 3.63) is 54.0 Å². The summed E-state index contributed by atoms with van der Waals surface area (Å²) in [4.78, 5) is 25.2. The molecule has 0 spiro atoms. The van der Waals surface area contributed by atoms with Crippen molar-refractivity contribution in [2.24, 2.45) is 0 Å². The van der Waals surface area contributed by atoms with Crippen molar-refractivity contribution in [2.75, 3.05) is 52.7 Å². The molecule has 1 aromatic carbocycles. The maximum Gasteiger partial charge on any atom is 0.250 e. The molecule has 0 saturated carbocycles. The van der Waals surface area contributed by atoms with Gasteiger partial charge in [-0.25, -0.2) is 18.7 Å². The Morgan fingerprint density at radius 2 is 1.85 bits per heavy atom. The molecule has 4 heterocycles. The number of likely N-dealkylation sites (tertiary alicyclic amines) is 2. The number of amides is 1. The molecule has 1 amide bonds. The van der Waals surface area contributed by atoms with Gasteiger partial charge < -0.3 is 24.7 Å². The molecule has 2 saturated heterocycles. The molecule has 0 radical (unpaired) electrons. The van der Waals surface area contributed by atoms with Crippen LogP contribution in [-0.2, 0) is 4.79 Å². The monoisotopic (exact) mass is 550 g/mol. The normalized spacial score (nSPS) is 19.1. The third-order valence-electron chi connectivity index (χ3n) is 7.41. The molecule has 1 atom stereocenters. The first-order valence-electron chi connectivity index (χ1n) is 13.2. The molecule has 2 N–H and O–H groups in total. The Morgan fingerprint density at radius 1 is 1.12 bits per heavy atom. The van der Waals surface area contributed by atoms with E-state index in [-0.39, 0.29) is 24.8 Å². The van der Waals surface area contributed by atoms with Gasteiger partial charge in [0.1, 0.15) is 29.3 Å². The zero-order valence-corrected chi connectivity index (χ0v) is 22.6. The van der Waals surface area contributed by atoms with E-state index in [9.17, 15) is 13.6 Å². The Morgan fingerprint density at radius 3 is 2.55 bits per heavy atom. The average Bonchev–Trinajstić information content (AvgIpc) is 3.58. The van der Waals surface area contributed by atoms with Crippen LogP contribution in [0.3, 0.4) is 0 Å². The number of aromatic nitrogens is 3. The van der Waals surface area contributed by atoms with Gasteiger partial charge in [0.2, 0.25) is 5.91 Å². The molecule has 2 aliphatic rings. The number of anilines is 1. The van der Waals surface area contributed by atoms with Crippen LogP contribution in [0.4, 0.5) is 14.6 Å². The fourth-order valence-corrected chi connectivity index (χ4v) is 5.14. The lowest BCUT2D eigenvalue weighted by molar-refractivity contribution is -0.125. The first-order chi connectivity index (χ1) is 19.3. The third-order valence-corrected chi connectivity index (χ3v) is 7.41. The number of nitrogens with zero attached hydrogens (tertiary/aromatic N) is 5. The quantitative estimate of drug-likeness (QED) is 0.371. The number of fused-ring (bicyclic) bond motifs is 1. The van der Waals surface area contributed by atoms with Crippen LogP contribution >= 0.6 is 0 Å². The fraction of sp³-hybridized carbons (Fsp3) is 0.414. The Kier molecular flexibility index (Phi) is 7.89. The van der Waals surface area contributed by atoms with Gasteiger partial charge in [0.25, 0.3) is 5.92 Å². The minimum atomic E-state index is -2.58. The Bertz CT molecular complexity index is 1460. The van der Waals surface area contributed by atoms with Gasteiger partial charge in [-0.15, -0.1) is 0 Å². The molecular weight excluding hydrogens is 518 g/mol. The molecule has 9 nitrogen and oxygen atoms in total. The molecule has 2 aromatic heterocycles. The van der Waals surface area contributed by atoms with Gasteiger partial charge in [0.05, 0.1) is 31.2 Å². The lowest BCUT2D eigenvalue weighted by atomic mass is 10.1. The van der Waals surface area contributed by atoms with Crippen molar-refractivity contribution in [3.63, 3.8) is 0 Å². The van der Waals surface area contributed by atoms with E-state index in [1.807, 2.05) is 27.8 Å². The summed E-state index contributed by atoms with van der Waals surface area (Å²) in [5, 5.41) is 0.668. The van der Waals surface area contributed by atoms with Crippen LogP contribution in [0.1, 0.15) is 36.4 Å². The largest absolute Gasteiger partial charge is 0.497 e. The number of hydrogen-bond donors (Lipinski definition) is 1. The predicted octanol–water partition coefficient (Wildman–Crippen LogP) is 3.49. The summed E-state index contributed by atoms with van der Waals surface area (Å²) in [7, 11) is 3.17. The van der Waals surface area contributed by atoms with E-state index in [4.69, 9.17) is 15.2 Å². The summed E-state index contributed by atoms with van der Waals surface area (Å²) in [6, 6.07) is 5.41. The summed E-state index contributed by atoms with van der Waals surface area (Å²) in [6.45, 7) is 2.25. The second kappa shape index (κ2) is 11.5. The van der Waals surface area contributed by atoms with Crippen molar-refractivity contribution in [3.8, 4) is 23.3 Å².